The normalized spacial score (nSPS) is 29.3. The minimum Gasteiger partial charge on any atom is -0.454 e. The summed E-state index contributed by atoms with van der Waals surface area (Å²) in [5.74, 6) is -0.680. The Kier molecular flexibility index (Phi) is 6.72. The molecule has 1 aliphatic carbocycles. The zero-order chi connectivity index (χ0) is 29.0. The van der Waals surface area contributed by atoms with Crippen molar-refractivity contribution in [2.75, 3.05) is 12.1 Å². The number of amides is 3. The van der Waals surface area contributed by atoms with Crippen LogP contribution in [0, 0.1) is 11.8 Å². The molecule has 42 heavy (non-hydrogen) atoms. The highest BCUT2D eigenvalue weighted by Crippen LogP contribution is 2.55. The third-order valence-corrected chi connectivity index (χ3v) is 9.51. The van der Waals surface area contributed by atoms with Crippen LogP contribution in [-0.4, -0.2) is 53.2 Å². The van der Waals surface area contributed by atoms with Gasteiger partial charge in [0, 0.05) is 18.3 Å². The Balaban J connectivity index is 1.19. The van der Waals surface area contributed by atoms with Crippen LogP contribution in [-0.2, 0) is 25.7 Å². The van der Waals surface area contributed by atoms with Gasteiger partial charge < -0.3 is 29.7 Å². The van der Waals surface area contributed by atoms with E-state index >= 15 is 0 Å². The number of hydrogen-bond acceptors (Lipinski definition) is 6. The summed E-state index contributed by atoms with van der Waals surface area (Å²) >= 11 is 0. The topological polar surface area (TPSA) is 106 Å². The summed E-state index contributed by atoms with van der Waals surface area (Å²) in [6, 6.07) is 12.5. The number of benzene rings is 2. The fourth-order valence-electron chi connectivity index (χ4n) is 7.38. The minimum absolute atomic E-state index is 0.0692. The van der Waals surface area contributed by atoms with Gasteiger partial charge in [-0.25, -0.2) is 0 Å². The number of nitrogens with one attached hydrogen (secondary N) is 2. The first-order chi connectivity index (χ1) is 20.3. The smallest absolute Gasteiger partial charge is 0.246 e. The van der Waals surface area contributed by atoms with Gasteiger partial charge in [-0.2, -0.15) is 0 Å². The van der Waals surface area contributed by atoms with Crippen molar-refractivity contribution in [1.82, 2.24) is 10.2 Å². The van der Waals surface area contributed by atoms with Crippen molar-refractivity contribution in [3.63, 3.8) is 0 Å². The Labute approximate surface area is 245 Å². The molecule has 0 radical (unpaired) electrons. The zero-order valence-corrected chi connectivity index (χ0v) is 24.0. The molecule has 1 saturated carbocycles. The Bertz CT molecular complexity index is 1430. The summed E-state index contributed by atoms with van der Waals surface area (Å²) < 4.78 is 17.5. The Morgan fingerprint density at radius 1 is 1.00 bits per heavy atom. The van der Waals surface area contributed by atoms with Crippen molar-refractivity contribution in [3.05, 3.63) is 65.7 Å². The lowest BCUT2D eigenvalue weighted by molar-refractivity contribution is -0.142. The first-order valence-electron chi connectivity index (χ1n) is 15.1. The number of anilines is 1. The molecule has 3 fully saturated rings. The molecule has 2 aromatic rings. The van der Waals surface area contributed by atoms with E-state index in [1.165, 1.54) is 12.0 Å². The number of ether oxygens (including phenoxy) is 3. The van der Waals surface area contributed by atoms with Crippen molar-refractivity contribution in [2.45, 2.75) is 82.2 Å². The first kappa shape index (κ1) is 27.0. The number of carbonyl (C=O) groups excluding carboxylic acids is 3. The molecule has 7 rings (SSSR count). The lowest BCUT2D eigenvalue weighted by Gasteiger charge is -2.34. The maximum atomic E-state index is 14.3. The van der Waals surface area contributed by atoms with Gasteiger partial charge in [0.1, 0.15) is 11.6 Å². The van der Waals surface area contributed by atoms with Crippen LogP contribution in [0.15, 0.2) is 54.6 Å². The van der Waals surface area contributed by atoms with E-state index in [0.29, 0.717) is 23.1 Å². The summed E-state index contributed by atoms with van der Waals surface area (Å²) in [4.78, 5) is 43.7. The maximum Gasteiger partial charge on any atom is 0.246 e. The SMILES string of the molecule is CC(C)c1ccc(NC(=O)C2C3C=CC4(O3)C2C(=O)N(Cc2ccc3c(c2)OCO3)C4C(=O)NC2CCCCC2)cc1. The average Bonchev–Trinajstić information content (AvgIpc) is 3.75. The van der Waals surface area contributed by atoms with E-state index in [4.69, 9.17) is 14.2 Å². The van der Waals surface area contributed by atoms with Crippen molar-refractivity contribution in [1.29, 1.82) is 0 Å². The van der Waals surface area contributed by atoms with Crippen LogP contribution in [0.3, 0.4) is 0 Å². The summed E-state index contributed by atoms with van der Waals surface area (Å²) in [6.45, 7) is 4.57. The van der Waals surface area contributed by atoms with Crippen molar-refractivity contribution in [2.24, 2.45) is 11.8 Å². The van der Waals surface area contributed by atoms with Crippen LogP contribution in [0.25, 0.3) is 0 Å². The van der Waals surface area contributed by atoms with Crippen LogP contribution < -0.4 is 20.1 Å². The lowest BCUT2D eigenvalue weighted by atomic mass is 9.74. The molecule has 220 valence electrons. The molecule has 2 aromatic carbocycles. The maximum absolute atomic E-state index is 14.3. The van der Waals surface area contributed by atoms with E-state index in [1.54, 1.807) is 4.90 Å². The Morgan fingerprint density at radius 2 is 1.76 bits per heavy atom. The van der Waals surface area contributed by atoms with E-state index < -0.39 is 29.6 Å². The molecule has 0 aromatic heterocycles. The molecule has 4 heterocycles. The summed E-state index contributed by atoms with van der Waals surface area (Å²) in [6.07, 6.45) is 8.28. The van der Waals surface area contributed by atoms with Gasteiger partial charge in [0.25, 0.3) is 0 Å². The average molecular weight is 572 g/mol. The second kappa shape index (κ2) is 10.5. The van der Waals surface area contributed by atoms with Crippen LogP contribution in [0.4, 0.5) is 5.69 Å². The van der Waals surface area contributed by atoms with Crippen LogP contribution in [0.2, 0.25) is 0 Å². The highest BCUT2D eigenvalue weighted by Gasteiger charge is 2.72. The number of fused-ring (bicyclic) bond motifs is 2. The third-order valence-electron chi connectivity index (χ3n) is 9.51. The van der Waals surface area contributed by atoms with Gasteiger partial charge in [0.15, 0.2) is 11.5 Å². The van der Waals surface area contributed by atoms with Gasteiger partial charge in [-0.05, 0) is 54.2 Å². The first-order valence-corrected chi connectivity index (χ1v) is 15.1. The Hall–Kier alpha value is -3.85. The molecule has 9 nitrogen and oxygen atoms in total. The largest absolute Gasteiger partial charge is 0.454 e. The number of hydrogen-bond donors (Lipinski definition) is 2. The highest BCUT2D eigenvalue weighted by molar-refractivity contribution is 6.02. The number of likely N-dealkylation sites (tertiary alicyclic amines) is 1. The predicted molar refractivity (Wildman–Crippen MR) is 155 cm³/mol. The number of carbonyl (C=O) groups is 3. The molecular formula is C33H37N3O6. The standard InChI is InChI=1S/C33H37N3O6/c1-19(2)21-9-11-23(12-10-21)34-30(37)27-25-14-15-33(42-25)28(27)32(39)36(17-20-8-13-24-26(16-20)41-18-40-24)29(33)31(38)35-22-6-4-3-5-7-22/h8-16,19,22,25,27-29H,3-7,17-18H2,1-2H3,(H,34,37)(H,35,38). The van der Waals surface area contributed by atoms with Gasteiger partial charge in [-0.15, -0.1) is 0 Å². The molecule has 2 bridgehead atoms. The number of rotatable bonds is 7. The molecule has 2 N–H and O–H groups in total. The molecule has 5 unspecified atom stereocenters. The van der Waals surface area contributed by atoms with Gasteiger partial charge >= 0.3 is 0 Å². The van der Waals surface area contributed by atoms with Gasteiger partial charge in [0.2, 0.25) is 24.5 Å². The van der Waals surface area contributed by atoms with Gasteiger partial charge in [-0.3, -0.25) is 14.4 Å². The van der Waals surface area contributed by atoms with E-state index in [-0.39, 0.29) is 37.1 Å². The summed E-state index contributed by atoms with van der Waals surface area (Å²) in [7, 11) is 0. The van der Waals surface area contributed by atoms with E-state index in [1.807, 2.05) is 54.6 Å². The minimum atomic E-state index is -1.21. The second-order valence-electron chi connectivity index (χ2n) is 12.5. The van der Waals surface area contributed by atoms with Crippen LogP contribution in [0.1, 0.15) is 63.0 Å². The van der Waals surface area contributed by atoms with E-state index in [0.717, 1.165) is 31.2 Å². The Morgan fingerprint density at radius 3 is 2.52 bits per heavy atom. The molecule has 4 aliphatic heterocycles. The summed E-state index contributed by atoms with van der Waals surface area (Å²) in [5, 5.41) is 6.25. The monoisotopic (exact) mass is 571 g/mol. The molecular weight excluding hydrogens is 534 g/mol. The van der Waals surface area contributed by atoms with Crippen molar-refractivity contribution < 1.29 is 28.6 Å². The second-order valence-corrected chi connectivity index (χ2v) is 12.5. The number of nitrogens with zero attached hydrogens (tertiary/aromatic N) is 1. The van der Waals surface area contributed by atoms with Gasteiger partial charge in [-0.1, -0.05) is 63.5 Å². The predicted octanol–water partition coefficient (Wildman–Crippen LogP) is 4.28. The zero-order valence-electron chi connectivity index (χ0n) is 24.0. The van der Waals surface area contributed by atoms with Crippen LogP contribution in [0.5, 0.6) is 11.5 Å². The van der Waals surface area contributed by atoms with Crippen molar-refractivity contribution in [3.8, 4) is 11.5 Å². The molecule has 5 aliphatic rings. The molecule has 5 atom stereocenters. The lowest BCUT2D eigenvalue weighted by Crippen LogP contribution is -2.56. The van der Waals surface area contributed by atoms with E-state index in [9.17, 15) is 14.4 Å². The quantitative estimate of drug-likeness (QED) is 0.481. The molecule has 3 amide bonds. The van der Waals surface area contributed by atoms with Crippen molar-refractivity contribution >= 4 is 23.4 Å². The molecule has 9 heteroatoms. The fourth-order valence-corrected chi connectivity index (χ4v) is 7.38. The van der Waals surface area contributed by atoms with E-state index in [2.05, 4.69) is 24.5 Å². The fraction of sp³-hybridized carbons (Fsp3) is 0.485. The third kappa shape index (κ3) is 4.45. The summed E-state index contributed by atoms with van der Waals surface area (Å²) in [5.41, 5.74) is 1.44. The molecule has 2 saturated heterocycles. The van der Waals surface area contributed by atoms with Gasteiger partial charge in [0.05, 0.1) is 17.9 Å². The highest BCUT2D eigenvalue weighted by atomic mass is 16.7. The molecule has 1 spiro atoms. The van der Waals surface area contributed by atoms with Crippen LogP contribution >= 0.6 is 0 Å².